The molecule has 1 aromatic heterocycles. The van der Waals surface area contributed by atoms with E-state index in [0.717, 1.165) is 18.5 Å². The van der Waals surface area contributed by atoms with Crippen molar-refractivity contribution in [2.24, 2.45) is 5.92 Å². The second-order valence-electron chi connectivity index (χ2n) is 5.42. The summed E-state index contributed by atoms with van der Waals surface area (Å²) in [7, 11) is 0. The Bertz CT molecular complexity index is 330. The fourth-order valence-electron chi connectivity index (χ4n) is 3.44. The molecule has 3 nitrogen and oxygen atoms in total. The summed E-state index contributed by atoms with van der Waals surface area (Å²) in [5, 5.41) is 7.37. The van der Waals surface area contributed by atoms with E-state index in [0.29, 0.717) is 6.04 Å². The normalized spacial score (nSPS) is 33.3. The lowest BCUT2D eigenvalue weighted by molar-refractivity contribution is 0.319. The van der Waals surface area contributed by atoms with Gasteiger partial charge in [0.25, 0.3) is 0 Å². The fourth-order valence-corrected chi connectivity index (χ4v) is 3.44. The second kappa shape index (κ2) is 5.23. The van der Waals surface area contributed by atoms with Gasteiger partial charge in [-0.05, 0) is 44.2 Å². The summed E-state index contributed by atoms with van der Waals surface area (Å²) in [6.45, 7) is 2.17. The standard InChI is InChI=1S/C14H22N2O/c1-3-12(13-5-2-7-15-13)14(4-1)16-9-11-6-8-17-10-11/h6,8,10,12-16H,1-5,7,9H2. The van der Waals surface area contributed by atoms with Gasteiger partial charge in [-0.25, -0.2) is 0 Å². The molecule has 1 aliphatic heterocycles. The Kier molecular flexibility index (Phi) is 3.48. The van der Waals surface area contributed by atoms with Gasteiger partial charge in [0.05, 0.1) is 12.5 Å². The Morgan fingerprint density at radius 1 is 1.29 bits per heavy atom. The Balaban J connectivity index is 1.54. The van der Waals surface area contributed by atoms with E-state index in [2.05, 4.69) is 10.6 Å². The van der Waals surface area contributed by atoms with Crippen LogP contribution in [0.5, 0.6) is 0 Å². The first-order valence-corrected chi connectivity index (χ1v) is 6.91. The van der Waals surface area contributed by atoms with Crippen molar-refractivity contribution in [3.8, 4) is 0 Å². The molecule has 3 rings (SSSR count). The maximum Gasteiger partial charge on any atom is 0.0947 e. The van der Waals surface area contributed by atoms with Crippen molar-refractivity contribution in [1.82, 2.24) is 10.6 Å². The zero-order valence-electron chi connectivity index (χ0n) is 10.3. The molecule has 1 aliphatic carbocycles. The monoisotopic (exact) mass is 234 g/mol. The molecule has 3 atom stereocenters. The molecule has 0 spiro atoms. The van der Waals surface area contributed by atoms with Crippen LogP contribution < -0.4 is 10.6 Å². The lowest BCUT2D eigenvalue weighted by atomic mass is 9.93. The molecule has 1 saturated heterocycles. The van der Waals surface area contributed by atoms with Gasteiger partial charge in [-0.2, -0.15) is 0 Å². The third-order valence-corrected chi connectivity index (χ3v) is 4.33. The van der Waals surface area contributed by atoms with E-state index in [-0.39, 0.29) is 0 Å². The van der Waals surface area contributed by atoms with Crippen LogP contribution in [0.4, 0.5) is 0 Å². The number of hydrogen-bond donors (Lipinski definition) is 2. The molecule has 0 bridgehead atoms. The summed E-state index contributed by atoms with van der Waals surface area (Å²) in [5.41, 5.74) is 1.26. The second-order valence-corrected chi connectivity index (χ2v) is 5.42. The van der Waals surface area contributed by atoms with Crippen LogP contribution >= 0.6 is 0 Å². The Morgan fingerprint density at radius 2 is 2.29 bits per heavy atom. The van der Waals surface area contributed by atoms with E-state index in [1.807, 2.05) is 12.3 Å². The highest BCUT2D eigenvalue weighted by Gasteiger charge is 2.34. The SMILES string of the molecule is c1cc(CNC2CCCC2C2CCCN2)co1. The van der Waals surface area contributed by atoms with E-state index >= 15 is 0 Å². The van der Waals surface area contributed by atoms with Crippen LogP contribution in [0.15, 0.2) is 23.0 Å². The minimum Gasteiger partial charge on any atom is -0.472 e. The van der Waals surface area contributed by atoms with Crippen molar-refractivity contribution in [2.45, 2.75) is 50.7 Å². The van der Waals surface area contributed by atoms with Crippen molar-refractivity contribution in [3.05, 3.63) is 24.2 Å². The van der Waals surface area contributed by atoms with Gasteiger partial charge in [0.15, 0.2) is 0 Å². The highest BCUT2D eigenvalue weighted by atomic mass is 16.3. The first-order chi connectivity index (χ1) is 8.43. The quantitative estimate of drug-likeness (QED) is 0.839. The van der Waals surface area contributed by atoms with Gasteiger partial charge >= 0.3 is 0 Å². The van der Waals surface area contributed by atoms with Crippen LogP contribution in [-0.2, 0) is 6.54 Å². The molecule has 1 aromatic rings. The Morgan fingerprint density at radius 3 is 3.06 bits per heavy atom. The number of nitrogens with one attached hydrogen (secondary N) is 2. The summed E-state index contributed by atoms with van der Waals surface area (Å²) in [4.78, 5) is 0. The zero-order chi connectivity index (χ0) is 11.5. The van der Waals surface area contributed by atoms with Crippen LogP contribution in [-0.4, -0.2) is 18.6 Å². The summed E-state index contributed by atoms with van der Waals surface area (Å²) in [5.74, 6) is 0.837. The molecule has 2 heterocycles. The first-order valence-electron chi connectivity index (χ1n) is 6.91. The van der Waals surface area contributed by atoms with Crippen molar-refractivity contribution < 1.29 is 4.42 Å². The largest absolute Gasteiger partial charge is 0.472 e. The van der Waals surface area contributed by atoms with Crippen molar-refractivity contribution in [2.75, 3.05) is 6.54 Å². The van der Waals surface area contributed by atoms with Gasteiger partial charge in [-0.1, -0.05) is 6.42 Å². The first kappa shape index (κ1) is 11.3. The van der Waals surface area contributed by atoms with Gasteiger partial charge in [-0.15, -0.1) is 0 Å². The van der Waals surface area contributed by atoms with Crippen molar-refractivity contribution in [3.63, 3.8) is 0 Å². The third-order valence-electron chi connectivity index (χ3n) is 4.33. The molecular weight excluding hydrogens is 212 g/mol. The van der Waals surface area contributed by atoms with Gasteiger partial charge in [0, 0.05) is 24.2 Å². The van der Waals surface area contributed by atoms with E-state index in [1.165, 1.54) is 44.2 Å². The minimum atomic E-state index is 0.695. The number of hydrogen-bond acceptors (Lipinski definition) is 3. The molecule has 2 aliphatic rings. The van der Waals surface area contributed by atoms with E-state index in [1.54, 1.807) is 6.26 Å². The van der Waals surface area contributed by atoms with Crippen LogP contribution in [0.2, 0.25) is 0 Å². The summed E-state index contributed by atoms with van der Waals surface area (Å²) >= 11 is 0. The lowest BCUT2D eigenvalue weighted by Crippen LogP contribution is -2.41. The molecule has 3 heteroatoms. The van der Waals surface area contributed by atoms with Gasteiger partial charge < -0.3 is 15.1 Å². The predicted molar refractivity (Wildman–Crippen MR) is 67.7 cm³/mol. The average molecular weight is 234 g/mol. The molecule has 94 valence electrons. The molecule has 0 radical (unpaired) electrons. The summed E-state index contributed by atoms with van der Waals surface area (Å²) in [6.07, 6.45) is 10.4. The fraction of sp³-hybridized carbons (Fsp3) is 0.714. The van der Waals surface area contributed by atoms with Crippen molar-refractivity contribution in [1.29, 1.82) is 0 Å². The van der Waals surface area contributed by atoms with E-state index < -0.39 is 0 Å². The molecule has 2 fully saturated rings. The van der Waals surface area contributed by atoms with Crippen LogP contribution in [0.3, 0.4) is 0 Å². The Hall–Kier alpha value is -0.800. The topological polar surface area (TPSA) is 37.2 Å². The molecule has 2 N–H and O–H groups in total. The van der Waals surface area contributed by atoms with Crippen LogP contribution in [0.25, 0.3) is 0 Å². The zero-order valence-corrected chi connectivity index (χ0v) is 10.3. The van der Waals surface area contributed by atoms with E-state index in [9.17, 15) is 0 Å². The molecular formula is C14H22N2O. The summed E-state index contributed by atoms with van der Waals surface area (Å²) < 4.78 is 5.10. The predicted octanol–water partition coefficient (Wildman–Crippen LogP) is 2.29. The average Bonchev–Trinajstić information content (AvgIpc) is 3.09. The molecule has 0 amide bonds. The van der Waals surface area contributed by atoms with Crippen molar-refractivity contribution >= 4 is 0 Å². The van der Waals surface area contributed by atoms with Gasteiger partial charge in [-0.3, -0.25) is 0 Å². The lowest BCUT2D eigenvalue weighted by Gasteiger charge is -2.26. The van der Waals surface area contributed by atoms with Crippen LogP contribution in [0, 0.1) is 5.92 Å². The van der Waals surface area contributed by atoms with Gasteiger partial charge in [0.1, 0.15) is 0 Å². The van der Waals surface area contributed by atoms with E-state index in [4.69, 9.17) is 4.42 Å². The number of furan rings is 1. The maximum atomic E-state index is 5.10. The summed E-state index contributed by atoms with van der Waals surface area (Å²) in [6, 6.07) is 3.50. The minimum absolute atomic E-state index is 0.695. The molecule has 3 unspecified atom stereocenters. The third kappa shape index (κ3) is 2.55. The van der Waals surface area contributed by atoms with Crippen LogP contribution in [0.1, 0.15) is 37.7 Å². The van der Waals surface area contributed by atoms with Gasteiger partial charge in [0.2, 0.25) is 0 Å². The molecule has 1 saturated carbocycles. The highest BCUT2D eigenvalue weighted by molar-refractivity contribution is 5.05. The maximum absolute atomic E-state index is 5.10. The number of rotatable bonds is 4. The molecule has 17 heavy (non-hydrogen) atoms. The Labute approximate surface area is 103 Å². The highest BCUT2D eigenvalue weighted by Crippen LogP contribution is 2.32. The smallest absolute Gasteiger partial charge is 0.0947 e. The molecule has 0 aromatic carbocycles.